The number of rotatable bonds is 40. The van der Waals surface area contributed by atoms with Gasteiger partial charge in [-0.3, -0.25) is 13.8 Å². The van der Waals surface area contributed by atoms with Crippen LogP contribution >= 0.6 is 7.82 Å². The van der Waals surface area contributed by atoms with Crippen LogP contribution in [0.1, 0.15) is 181 Å². The number of hydrogen-bond donors (Lipinski definition) is 1. The maximum Gasteiger partial charge on any atom is 0.472 e. The first kappa shape index (κ1) is 51.7. The molecule has 0 saturated carbocycles. The van der Waals surface area contributed by atoms with Crippen molar-refractivity contribution in [2.45, 2.75) is 187 Å². The van der Waals surface area contributed by atoms with Crippen molar-refractivity contribution in [2.75, 3.05) is 54.1 Å². The molecule has 9 heteroatoms. The largest absolute Gasteiger partial charge is 0.472 e. The van der Waals surface area contributed by atoms with E-state index in [9.17, 15) is 14.3 Å². The van der Waals surface area contributed by atoms with Gasteiger partial charge in [0, 0.05) is 13.0 Å². The zero-order chi connectivity index (χ0) is 39.1. The average molecular weight is 771 g/mol. The Morgan fingerprint density at radius 3 is 1.64 bits per heavy atom. The maximum atomic E-state index is 12.7. The molecule has 0 heterocycles. The van der Waals surface area contributed by atoms with Gasteiger partial charge in [0.1, 0.15) is 19.3 Å². The van der Waals surface area contributed by atoms with E-state index in [2.05, 4.69) is 50.3 Å². The summed E-state index contributed by atoms with van der Waals surface area (Å²) in [4.78, 5) is 22.9. The van der Waals surface area contributed by atoms with Crippen LogP contribution in [-0.4, -0.2) is 75.6 Å². The number of ether oxygens (including phenoxy) is 2. The van der Waals surface area contributed by atoms with E-state index < -0.39 is 13.9 Å². The summed E-state index contributed by atoms with van der Waals surface area (Å²) in [7, 11) is 1.65. The lowest BCUT2D eigenvalue weighted by atomic mass is 10.0. The van der Waals surface area contributed by atoms with Gasteiger partial charge in [-0.15, -0.1) is 0 Å². The van der Waals surface area contributed by atoms with Gasteiger partial charge in [0.25, 0.3) is 0 Å². The smallest absolute Gasteiger partial charge is 0.457 e. The monoisotopic (exact) mass is 771 g/mol. The van der Waals surface area contributed by atoms with Crippen molar-refractivity contribution in [2.24, 2.45) is 0 Å². The molecule has 0 aromatic rings. The number of phosphoric acid groups is 1. The summed E-state index contributed by atoms with van der Waals surface area (Å²) in [5.74, 6) is -0.321. The van der Waals surface area contributed by atoms with Crippen molar-refractivity contribution in [3.8, 4) is 0 Å². The van der Waals surface area contributed by atoms with E-state index in [1.54, 1.807) is 0 Å². The molecule has 0 aromatic carbocycles. The second-order valence-electron chi connectivity index (χ2n) is 15.7. The van der Waals surface area contributed by atoms with E-state index in [1.165, 1.54) is 89.9 Å². The molecule has 0 rings (SSSR count). The highest BCUT2D eigenvalue weighted by molar-refractivity contribution is 7.47. The highest BCUT2D eigenvalue weighted by atomic mass is 31.2. The van der Waals surface area contributed by atoms with Gasteiger partial charge < -0.3 is 18.9 Å². The molecular formula is C44H85NO7P+. The number of esters is 1. The third kappa shape index (κ3) is 41.7. The van der Waals surface area contributed by atoms with Crippen molar-refractivity contribution in [1.82, 2.24) is 0 Å². The number of carbonyl (C=O) groups excluding carboxylic acids is 1. The van der Waals surface area contributed by atoms with Crippen LogP contribution in [-0.2, 0) is 27.9 Å². The Hall–Kier alpha value is -1.28. The number of quaternary nitrogens is 1. The molecule has 312 valence electrons. The number of carbonyl (C=O) groups is 1. The van der Waals surface area contributed by atoms with E-state index in [0.717, 1.165) is 70.6 Å². The van der Waals surface area contributed by atoms with Gasteiger partial charge in [-0.05, 0) is 44.9 Å². The molecule has 0 aromatic heterocycles. The van der Waals surface area contributed by atoms with E-state index in [1.807, 2.05) is 21.1 Å². The summed E-state index contributed by atoms with van der Waals surface area (Å²) in [6.45, 7) is 5.47. The first-order valence-electron chi connectivity index (χ1n) is 21.7. The number of nitrogens with zero attached hydrogens (tertiary/aromatic N) is 1. The molecule has 2 unspecified atom stereocenters. The van der Waals surface area contributed by atoms with E-state index in [4.69, 9.17) is 18.5 Å². The number of phosphoric ester groups is 1. The molecule has 0 saturated heterocycles. The van der Waals surface area contributed by atoms with Crippen molar-refractivity contribution in [1.29, 1.82) is 0 Å². The average Bonchev–Trinajstić information content (AvgIpc) is 3.11. The highest BCUT2D eigenvalue weighted by Gasteiger charge is 2.26. The summed E-state index contributed by atoms with van der Waals surface area (Å²) in [6.07, 6.45) is 43.2. The Morgan fingerprint density at radius 2 is 1.09 bits per heavy atom. The molecule has 0 bridgehead atoms. The van der Waals surface area contributed by atoms with Gasteiger partial charge in [0.15, 0.2) is 0 Å². The molecule has 0 fully saturated rings. The van der Waals surface area contributed by atoms with Gasteiger partial charge in [0.2, 0.25) is 0 Å². The topological polar surface area (TPSA) is 91.3 Å². The predicted octanol–water partition coefficient (Wildman–Crippen LogP) is 12.6. The summed E-state index contributed by atoms with van der Waals surface area (Å²) in [5, 5.41) is 0. The van der Waals surface area contributed by atoms with Gasteiger partial charge >= 0.3 is 13.8 Å². The van der Waals surface area contributed by atoms with Crippen LogP contribution in [0.2, 0.25) is 0 Å². The minimum absolute atomic E-state index is 0.0846. The maximum absolute atomic E-state index is 12.7. The van der Waals surface area contributed by atoms with Crippen LogP contribution in [0.15, 0.2) is 36.5 Å². The Kier molecular flexibility index (Phi) is 36.7. The number of hydrogen-bond acceptors (Lipinski definition) is 6. The van der Waals surface area contributed by atoms with Gasteiger partial charge in [-0.1, -0.05) is 166 Å². The number of likely N-dealkylation sites (N-methyl/N-ethyl adjacent to an activating group) is 1. The Labute approximate surface area is 327 Å². The molecular weight excluding hydrogens is 685 g/mol. The van der Waals surface area contributed by atoms with Crippen molar-refractivity contribution < 1.29 is 37.3 Å². The first-order valence-corrected chi connectivity index (χ1v) is 23.2. The molecule has 2 atom stereocenters. The molecule has 0 aliphatic heterocycles. The Bertz CT molecular complexity index is 947. The lowest BCUT2D eigenvalue weighted by Gasteiger charge is -2.24. The van der Waals surface area contributed by atoms with Crippen LogP contribution in [0.25, 0.3) is 0 Å². The third-order valence-corrected chi connectivity index (χ3v) is 10.2. The van der Waals surface area contributed by atoms with Gasteiger partial charge in [-0.2, -0.15) is 0 Å². The molecule has 1 N–H and O–H groups in total. The summed E-state index contributed by atoms with van der Waals surface area (Å²) in [5.41, 5.74) is 0. The van der Waals surface area contributed by atoms with Crippen LogP contribution < -0.4 is 0 Å². The van der Waals surface area contributed by atoms with E-state index in [0.29, 0.717) is 24.1 Å². The first-order chi connectivity index (χ1) is 25.6. The molecule has 53 heavy (non-hydrogen) atoms. The standard InChI is InChI=1S/C44H84NO7P/c1-6-8-10-12-14-16-18-20-22-23-24-25-27-29-31-33-35-37-44(46)52-43(42-51-53(47,48)50-40-38-45(3,4)5)41-49-39-36-34-32-30-28-26-21-19-17-15-13-11-9-7-2/h9,11,15,17,21,26,43H,6-8,10,12-14,16,18-20,22-25,27-42H2,1-5H3/p+1/b11-9-,17-15-,26-21-. The second-order valence-corrected chi connectivity index (χ2v) is 17.2. The second kappa shape index (κ2) is 37.6. The molecule has 0 radical (unpaired) electrons. The summed E-state index contributed by atoms with van der Waals surface area (Å²) >= 11 is 0. The quantitative estimate of drug-likeness (QED) is 0.0218. The van der Waals surface area contributed by atoms with Crippen LogP contribution in [0.3, 0.4) is 0 Å². The molecule has 0 spiro atoms. The summed E-state index contributed by atoms with van der Waals surface area (Å²) < 4.78 is 34.9. The fraction of sp³-hybridized carbons (Fsp3) is 0.841. The third-order valence-electron chi connectivity index (χ3n) is 9.22. The zero-order valence-corrected chi connectivity index (χ0v) is 36.1. The molecule has 0 aliphatic carbocycles. The molecule has 0 amide bonds. The van der Waals surface area contributed by atoms with Crippen molar-refractivity contribution >= 4 is 13.8 Å². The fourth-order valence-corrected chi connectivity index (χ4v) is 6.60. The lowest BCUT2D eigenvalue weighted by Crippen LogP contribution is -2.37. The highest BCUT2D eigenvalue weighted by Crippen LogP contribution is 2.43. The minimum atomic E-state index is -4.28. The number of allylic oxidation sites excluding steroid dienone is 6. The fourth-order valence-electron chi connectivity index (χ4n) is 5.86. The SMILES string of the molecule is CC/C=C\C/C=C\C/C=C\CCCCCCOCC(COP(=O)(O)OCC[N+](C)(C)C)OC(=O)CCCCCCCCCCCCCCCCCCC. The van der Waals surface area contributed by atoms with Crippen molar-refractivity contribution in [3.05, 3.63) is 36.5 Å². The zero-order valence-electron chi connectivity index (χ0n) is 35.3. The predicted molar refractivity (Wildman–Crippen MR) is 224 cm³/mol. The normalized spacial score (nSPS) is 14.2. The van der Waals surface area contributed by atoms with Gasteiger partial charge in [-0.25, -0.2) is 4.57 Å². The lowest BCUT2D eigenvalue weighted by molar-refractivity contribution is -0.870. The van der Waals surface area contributed by atoms with Crippen molar-refractivity contribution in [3.63, 3.8) is 0 Å². The van der Waals surface area contributed by atoms with E-state index in [-0.39, 0.29) is 25.8 Å². The van der Waals surface area contributed by atoms with Crippen LogP contribution in [0, 0.1) is 0 Å². The van der Waals surface area contributed by atoms with E-state index >= 15 is 0 Å². The molecule has 0 aliphatic rings. The summed E-state index contributed by atoms with van der Waals surface area (Å²) in [6, 6.07) is 0. The van der Waals surface area contributed by atoms with Crippen LogP contribution in [0.5, 0.6) is 0 Å². The molecule has 8 nitrogen and oxygen atoms in total. The van der Waals surface area contributed by atoms with Gasteiger partial charge in [0.05, 0.1) is 34.4 Å². The Morgan fingerprint density at radius 1 is 0.604 bits per heavy atom. The number of unbranched alkanes of at least 4 members (excludes halogenated alkanes) is 20. The van der Waals surface area contributed by atoms with Crippen LogP contribution in [0.4, 0.5) is 0 Å². The minimum Gasteiger partial charge on any atom is -0.457 e. The Balaban J connectivity index is 4.24.